The summed E-state index contributed by atoms with van der Waals surface area (Å²) in [5, 5.41) is 7.23. The summed E-state index contributed by atoms with van der Waals surface area (Å²) in [6.07, 6.45) is 2.82. The number of aromatic nitrogens is 2. The summed E-state index contributed by atoms with van der Waals surface area (Å²) >= 11 is 0. The largest absolute Gasteiger partial charge is 0.350 e. The topological polar surface area (TPSA) is 64.0 Å². The number of rotatable bonds is 4. The Morgan fingerprint density at radius 2 is 2.09 bits per heavy atom. The van der Waals surface area contributed by atoms with Crippen molar-refractivity contribution in [2.24, 2.45) is 0 Å². The maximum Gasteiger partial charge on any atom is 0.267 e. The number of hydrogen-bond donors (Lipinski definition) is 1. The highest BCUT2D eigenvalue weighted by Gasteiger charge is 2.21. The van der Waals surface area contributed by atoms with Crippen LogP contribution in [-0.4, -0.2) is 15.7 Å². The molecule has 0 fully saturated rings. The Hall–Kier alpha value is -2.43. The van der Waals surface area contributed by atoms with Crippen LogP contribution in [0.25, 0.3) is 0 Å². The predicted octanol–water partition coefficient (Wildman–Crippen LogP) is 1.61. The SMILES string of the molecule is C[C@H](C(=O)NCc1ccccc1)n1nc2c(cc1=O)CCC2. The first-order valence-electron chi connectivity index (χ1n) is 7.58. The third-order valence-electron chi connectivity index (χ3n) is 4.04. The average Bonchev–Trinajstić information content (AvgIpc) is 2.99. The van der Waals surface area contributed by atoms with Crippen molar-refractivity contribution >= 4 is 5.91 Å². The van der Waals surface area contributed by atoms with Crippen LogP contribution in [0.1, 0.15) is 36.2 Å². The van der Waals surface area contributed by atoms with Gasteiger partial charge in [0, 0.05) is 12.6 Å². The maximum absolute atomic E-state index is 12.3. The second-order valence-corrected chi connectivity index (χ2v) is 5.63. The number of nitrogens with zero attached hydrogens (tertiary/aromatic N) is 2. The number of carbonyl (C=O) groups is 1. The Labute approximate surface area is 129 Å². The molecule has 1 amide bonds. The van der Waals surface area contributed by atoms with E-state index < -0.39 is 6.04 Å². The minimum Gasteiger partial charge on any atom is -0.350 e. The second kappa shape index (κ2) is 6.13. The van der Waals surface area contributed by atoms with Crippen LogP contribution in [0.4, 0.5) is 0 Å². The average molecular weight is 297 g/mol. The van der Waals surface area contributed by atoms with Gasteiger partial charge >= 0.3 is 0 Å². The van der Waals surface area contributed by atoms with Crippen LogP contribution < -0.4 is 10.9 Å². The molecule has 1 aromatic heterocycles. The smallest absolute Gasteiger partial charge is 0.267 e. The molecule has 114 valence electrons. The first kappa shape index (κ1) is 14.5. The lowest BCUT2D eigenvalue weighted by molar-refractivity contribution is -0.124. The van der Waals surface area contributed by atoms with Crippen LogP contribution in [0.5, 0.6) is 0 Å². The van der Waals surface area contributed by atoms with Crippen molar-refractivity contribution in [2.75, 3.05) is 0 Å². The van der Waals surface area contributed by atoms with Crippen molar-refractivity contribution in [3.8, 4) is 0 Å². The fourth-order valence-corrected chi connectivity index (χ4v) is 2.74. The van der Waals surface area contributed by atoms with E-state index in [0.29, 0.717) is 6.54 Å². The van der Waals surface area contributed by atoms with Gasteiger partial charge in [0.2, 0.25) is 5.91 Å². The number of hydrogen-bond acceptors (Lipinski definition) is 3. The molecule has 1 aliphatic carbocycles. The van der Waals surface area contributed by atoms with Gasteiger partial charge in [0.25, 0.3) is 5.56 Å². The van der Waals surface area contributed by atoms with Crippen molar-refractivity contribution in [1.82, 2.24) is 15.1 Å². The van der Waals surface area contributed by atoms with Gasteiger partial charge in [-0.05, 0) is 37.3 Å². The highest BCUT2D eigenvalue weighted by atomic mass is 16.2. The highest BCUT2D eigenvalue weighted by Crippen LogP contribution is 2.18. The molecule has 5 heteroatoms. The molecule has 5 nitrogen and oxygen atoms in total. The molecular weight excluding hydrogens is 278 g/mol. The number of carbonyl (C=O) groups excluding carboxylic acids is 1. The van der Waals surface area contributed by atoms with Gasteiger partial charge in [0.15, 0.2) is 0 Å². The Balaban J connectivity index is 1.72. The normalized spacial score (nSPS) is 14.4. The van der Waals surface area contributed by atoms with Crippen molar-refractivity contribution in [3.63, 3.8) is 0 Å². The quantitative estimate of drug-likeness (QED) is 0.932. The van der Waals surface area contributed by atoms with E-state index in [0.717, 1.165) is 36.1 Å². The van der Waals surface area contributed by atoms with Crippen LogP contribution in [0.2, 0.25) is 0 Å². The van der Waals surface area contributed by atoms with E-state index in [9.17, 15) is 9.59 Å². The zero-order valence-electron chi connectivity index (χ0n) is 12.6. The van der Waals surface area contributed by atoms with Gasteiger partial charge in [-0.3, -0.25) is 9.59 Å². The van der Waals surface area contributed by atoms with E-state index >= 15 is 0 Å². The highest BCUT2D eigenvalue weighted by molar-refractivity contribution is 5.79. The van der Waals surface area contributed by atoms with Crippen molar-refractivity contribution < 1.29 is 4.79 Å². The van der Waals surface area contributed by atoms with Gasteiger partial charge in [-0.25, -0.2) is 4.68 Å². The maximum atomic E-state index is 12.3. The van der Waals surface area contributed by atoms with Crippen LogP contribution in [0.15, 0.2) is 41.2 Å². The van der Waals surface area contributed by atoms with Gasteiger partial charge in [-0.15, -0.1) is 0 Å². The lowest BCUT2D eigenvalue weighted by Crippen LogP contribution is -2.37. The Kier molecular flexibility index (Phi) is 4.04. The molecule has 1 N–H and O–H groups in total. The van der Waals surface area contributed by atoms with Gasteiger partial charge in [0.05, 0.1) is 5.69 Å². The third-order valence-corrected chi connectivity index (χ3v) is 4.04. The van der Waals surface area contributed by atoms with Crippen LogP contribution in [0.3, 0.4) is 0 Å². The Morgan fingerprint density at radius 1 is 1.32 bits per heavy atom. The first-order valence-corrected chi connectivity index (χ1v) is 7.58. The molecule has 0 saturated heterocycles. The summed E-state index contributed by atoms with van der Waals surface area (Å²) in [6, 6.07) is 10.7. The van der Waals surface area contributed by atoms with Crippen molar-refractivity contribution in [2.45, 2.75) is 38.8 Å². The molecule has 22 heavy (non-hydrogen) atoms. The molecule has 1 aromatic carbocycles. The fourth-order valence-electron chi connectivity index (χ4n) is 2.74. The van der Waals surface area contributed by atoms with Crippen LogP contribution >= 0.6 is 0 Å². The minimum absolute atomic E-state index is 0.198. The molecule has 1 atom stereocenters. The summed E-state index contributed by atoms with van der Waals surface area (Å²) in [5.74, 6) is -0.198. The van der Waals surface area contributed by atoms with E-state index in [1.807, 2.05) is 30.3 Å². The number of fused-ring (bicyclic) bond motifs is 1. The predicted molar refractivity (Wildman–Crippen MR) is 83.5 cm³/mol. The molecule has 0 spiro atoms. The fraction of sp³-hybridized carbons (Fsp3) is 0.353. The zero-order valence-corrected chi connectivity index (χ0v) is 12.6. The lowest BCUT2D eigenvalue weighted by atomic mass is 10.2. The molecular formula is C17H19N3O2. The van der Waals surface area contributed by atoms with Gasteiger partial charge in [0.1, 0.15) is 6.04 Å². The standard InChI is InChI=1S/C17H19N3O2/c1-12(17(22)18-11-13-6-3-2-4-7-13)20-16(21)10-14-8-5-9-15(14)19-20/h2-4,6-7,10,12H,5,8-9,11H2,1H3,(H,18,22)/t12-/m1/s1. The Bertz CT molecular complexity index is 737. The zero-order chi connectivity index (χ0) is 15.5. The van der Waals surface area contributed by atoms with Gasteiger partial charge in [-0.1, -0.05) is 30.3 Å². The number of nitrogens with one attached hydrogen (secondary N) is 1. The van der Waals surface area contributed by atoms with Crippen molar-refractivity contribution in [1.29, 1.82) is 0 Å². The molecule has 0 unspecified atom stereocenters. The van der Waals surface area contributed by atoms with Crippen LogP contribution in [-0.2, 0) is 24.2 Å². The third kappa shape index (κ3) is 2.93. The summed E-state index contributed by atoms with van der Waals surface area (Å²) in [4.78, 5) is 24.4. The van der Waals surface area contributed by atoms with E-state index in [-0.39, 0.29) is 11.5 Å². The van der Waals surface area contributed by atoms with Crippen LogP contribution in [0, 0.1) is 0 Å². The van der Waals surface area contributed by atoms with E-state index in [1.54, 1.807) is 13.0 Å². The summed E-state index contributed by atoms with van der Waals surface area (Å²) < 4.78 is 1.30. The molecule has 0 bridgehead atoms. The summed E-state index contributed by atoms with van der Waals surface area (Å²) in [6.45, 7) is 2.15. The van der Waals surface area contributed by atoms with E-state index in [1.165, 1.54) is 4.68 Å². The summed E-state index contributed by atoms with van der Waals surface area (Å²) in [5.41, 5.74) is 2.79. The molecule has 1 heterocycles. The summed E-state index contributed by atoms with van der Waals surface area (Å²) in [7, 11) is 0. The molecule has 1 aliphatic rings. The minimum atomic E-state index is -0.609. The monoisotopic (exact) mass is 297 g/mol. The Morgan fingerprint density at radius 3 is 2.86 bits per heavy atom. The molecule has 0 saturated carbocycles. The molecule has 3 rings (SSSR count). The van der Waals surface area contributed by atoms with E-state index in [2.05, 4.69) is 10.4 Å². The van der Waals surface area contributed by atoms with Crippen molar-refractivity contribution in [3.05, 3.63) is 63.6 Å². The van der Waals surface area contributed by atoms with E-state index in [4.69, 9.17) is 0 Å². The van der Waals surface area contributed by atoms with Gasteiger partial charge < -0.3 is 5.32 Å². The molecule has 0 aliphatic heterocycles. The number of benzene rings is 1. The number of amides is 1. The first-order chi connectivity index (χ1) is 10.6. The lowest BCUT2D eigenvalue weighted by Gasteiger charge is -2.15. The number of aryl methyl sites for hydroxylation is 2. The molecule has 0 radical (unpaired) electrons. The molecule has 2 aromatic rings. The second-order valence-electron chi connectivity index (χ2n) is 5.63. The van der Waals surface area contributed by atoms with Gasteiger partial charge in [-0.2, -0.15) is 5.10 Å².